The summed E-state index contributed by atoms with van der Waals surface area (Å²) in [6.07, 6.45) is 2.02. The molecule has 0 radical (unpaired) electrons. The van der Waals surface area contributed by atoms with Crippen LogP contribution in [0.25, 0.3) is 16.9 Å². The Bertz CT molecular complexity index is 1370. The monoisotopic (exact) mass is 427 g/mol. The molecule has 6 heteroatoms. The number of carbonyl (C=O) groups is 2. The number of imidazole rings is 1. The number of pyridine rings is 1. The van der Waals surface area contributed by atoms with Gasteiger partial charge in [-0.2, -0.15) is 0 Å². The molecule has 0 unspecified atom stereocenters. The Morgan fingerprint density at radius 1 is 0.938 bits per heavy atom. The van der Waals surface area contributed by atoms with Gasteiger partial charge in [0.2, 0.25) is 5.91 Å². The number of carbonyl (C=O) groups excluding carboxylic acids is 1. The summed E-state index contributed by atoms with van der Waals surface area (Å²) < 4.78 is 1.96. The lowest BCUT2D eigenvalue weighted by Crippen LogP contribution is -2.17. The Kier molecular flexibility index (Phi) is 5.53. The highest BCUT2D eigenvalue weighted by Crippen LogP contribution is 2.28. The largest absolute Gasteiger partial charge is 0.478 e. The topological polar surface area (TPSA) is 83.7 Å². The molecule has 162 valence electrons. The summed E-state index contributed by atoms with van der Waals surface area (Å²) in [5, 5.41) is 12.1. The Balaban J connectivity index is 1.74. The SMILES string of the molecule is Cc1ccc(-c2nc3c(C)cccn3c2CC(=O)Nc2cc(C(=O)O)ccc2C)cc1C. The van der Waals surface area contributed by atoms with E-state index in [4.69, 9.17) is 4.98 Å². The molecular weight excluding hydrogens is 402 g/mol. The van der Waals surface area contributed by atoms with Crippen LogP contribution in [0.2, 0.25) is 0 Å². The van der Waals surface area contributed by atoms with Gasteiger partial charge in [-0.3, -0.25) is 4.79 Å². The van der Waals surface area contributed by atoms with Crippen molar-refractivity contribution in [2.75, 3.05) is 5.32 Å². The normalized spacial score (nSPS) is 11.0. The van der Waals surface area contributed by atoms with Gasteiger partial charge in [0.15, 0.2) is 0 Å². The van der Waals surface area contributed by atoms with E-state index in [1.165, 1.54) is 17.7 Å². The number of benzene rings is 2. The second kappa shape index (κ2) is 8.30. The van der Waals surface area contributed by atoms with Crippen molar-refractivity contribution in [2.45, 2.75) is 34.1 Å². The molecule has 6 nitrogen and oxygen atoms in total. The Hall–Kier alpha value is -3.93. The maximum absolute atomic E-state index is 13.0. The molecule has 0 spiro atoms. The zero-order valence-electron chi connectivity index (χ0n) is 18.6. The molecule has 4 aromatic rings. The lowest BCUT2D eigenvalue weighted by atomic mass is 10.0. The number of aryl methyl sites for hydroxylation is 4. The fraction of sp³-hybridized carbons (Fsp3) is 0.192. The van der Waals surface area contributed by atoms with E-state index in [0.717, 1.165) is 39.3 Å². The number of hydrogen-bond donors (Lipinski definition) is 2. The third-order valence-electron chi connectivity index (χ3n) is 5.81. The van der Waals surface area contributed by atoms with Crippen LogP contribution < -0.4 is 5.32 Å². The first-order valence-electron chi connectivity index (χ1n) is 10.4. The van der Waals surface area contributed by atoms with Crippen molar-refractivity contribution in [3.8, 4) is 11.3 Å². The molecule has 4 rings (SSSR count). The number of nitrogens with one attached hydrogen (secondary N) is 1. The standard InChI is InChI=1S/C26H25N3O3/c1-15-7-9-19(12-18(15)4)24-22(29-11-5-6-17(3)25(29)28-24)14-23(30)27-21-13-20(26(31)32)10-8-16(21)2/h5-13H,14H2,1-4H3,(H,27,30)(H,31,32). The molecule has 0 fully saturated rings. The second-order valence-corrected chi connectivity index (χ2v) is 8.15. The van der Waals surface area contributed by atoms with Crippen molar-refractivity contribution in [3.63, 3.8) is 0 Å². The maximum Gasteiger partial charge on any atom is 0.335 e. The van der Waals surface area contributed by atoms with Gasteiger partial charge in [0, 0.05) is 17.4 Å². The van der Waals surface area contributed by atoms with Crippen LogP contribution >= 0.6 is 0 Å². The van der Waals surface area contributed by atoms with Crippen molar-refractivity contribution in [3.05, 3.63) is 88.2 Å². The lowest BCUT2D eigenvalue weighted by Gasteiger charge is -2.11. The summed E-state index contributed by atoms with van der Waals surface area (Å²) in [5.74, 6) is -1.26. The van der Waals surface area contributed by atoms with Crippen LogP contribution in [-0.4, -0.2) is 26.4 Å². The summed E-state index contributed by atoms with van der Waals surface area (Å²) in [4.78, 5) is 29.2. The van der Waals surface area contributed by atoms with Gasteiger partial charge in [0.25, 0.3) is 0 Å². The van der Waals surface area contributed by atoms with Crippen LogP contribution in [0.15, 0.2) is 54.7 Å². The molecule has 0 aliphatic heterocycles. The van der Waals surface area contributed by atoms with Gasteiger partial charge in [-0.05, 0) is 74.2 Å². The average molecular weight is 428 g/mol. The molecule has 0 atom stereocenters. The Labute approximate surface area is 186 Å². The summed E-state index contributed by atoms with van der Waals surface area (Å²) >= 11 is 0. The number of amides is 1. The molecule has 2 heterocycles. The Morgan fingerprint density at radius 2 is 1.69 bits per heavy atom. The minimum Gasteiger partial charge on any atom is -0.478 e. The number of aromatic carboxylic acids is 1. The zero-order valence-corrected chi connectivity index (χ0v) is 18.6. The second-order valence-electron chi connectivity index (χ2n) is 8.15. The van der Waals surface area contributed by atoms with Gasteiger partial charge in [0.1, 0.15) is 5.65 Å². The summed E-state index contributed by atoms with van der Waals surface area (Å²) in [6, 6.07) is 14.8. The highest BCUT2D eigenvalue weighted by molar-refractivity contribution is 5.96. The number of carboxylic acids is 1. The number of carboxylic acid groups (broad SMARTS) is 1. The predicted molar refractivity (Wildman–Crippen MR) is 125 cm³/mol. The van der Waals surface area contributed by atoms with Crippen LogP contribution in [0, 0.1) is 27.7 Å². The molecule has 2 N–H and O–H groups in total. The summed E-state index contributed by atoms with van der Waals surface area (Å²) in [5.41, 5.74) is 8.14. The average Bonchev–Trinajstić information content (AvgIpc) is 3.11. The van der Waals surface area contributed by atoms with Gasteiger partial charge in [-0.15, -0.1) is 0 Å². The number of nitrogens with zero attached hydrogens (tertiary/aromatic N) is 2. The highest BCUT2D eigenvalue weighted by Gasteiger charge is 2.19. The van der Waals surface area contributed by atoms with Crippen LogP contribution in [0.4, 0.5) is 5.69 Å². The third-order valence-corrected chi connectivity index (χ3v) is 5.81. The minimum absolute atomic E-state index is 0.101. The van der Waals surface area contributed by atoms with E-state index < -0.39 is 5.97 Å². The molecule has 0 aliphatic rings. The molecule has 2 aromatic carbocycles. The van der Waals surface area contributed by atoms with E-state index in [1.54, 1.807) is 6.07 Å². The van der Waals surface area contributed by atoms with Crippen LogP contribution in [0.1, 0.15) is 38.3 Å². The first kappa shape index (κ1) is 21.3. The van der Waals surface area contributed by atoms with E-state index in [9.17, 15) is 14.7 Å². The van der Waals surface area contributed by atoms with Crippen molar-refractivity contribution in [1.29, 1.82) is 0 Å². The van der Waals surface area contributed by atoms with E-state index in [2.05, 4.69) is 31.3 Å². The minimum atomic E-state index is -1.03. The van der Waals surface area contributed by atoms with E-state index in [-0.39, 0.29) is 17.9 Å². The van der Waals surface area contributed by atoms with Crippen molar-refractivity contribution >= 4 is 23.2 Å². The lowest BCUT2D eigenvalue weighted by molar-refractivity contribution is -0.115. The van der Waals surface area contributed by atoms with Crippen LogP contribution in [-0.2, 0) is 11.2 Å². The van der Waals surface area contributed by atoms with Gasteiger partial charge in [-0.25, -0.2) is 9.78 Å². The first-order valence-corrected chi connectivity index (χ1v) is 10.4. The first-order chi connectivity index (χ1) is 15.2. The number of rotatable bonds is 5. The van der Waals surface area contributed by atoms with Crippen LogP contribution in [0.3, 0.4) is 0 Å². The predicted octanol–water partition coefficient (Wildman–Crippen LogP) is 5.11. The van der Waals surface area contributed by atoms with Gasteiger partial charge >= 0.3 is 5.97 Å². The molecule has 0 bridgehead atoms. The highest BCUT2D eigenvalue weighted by atomic mass is 16.4. The van der Waals surface area contributed by atoms with Crippen molar-refractivity contribution < 1.29 is 14.7 Å². The van der Waals surface area contributed by atoms with Gasteiger partial charge < -0.3 is 14.8 Å². The van der Waals surface area contributed by atoms with Crippen molar-refractivity contribution in [2.24, 2.45) is 0 Å². The molecule has 1 amide bonds. The molecule has 2 aromatic heterocycles. The number of anilines is 1. The number of hydrogen-bond acceptors (Lipinski definition) is 3. The quantitative estimate of drug-likeness (QED) is 0.463. The fourth-order valence-electron chi connectivity index (χ4n) is 3.78. The molecule has 0 saturated carbocycles. The maximum atomic E-state index is 13.0. The molecule has 0 aliphatic carbocycles. The van der Waals surface area contributed by atoms with Crippen molar-refractivity contribution in [1.82, 2.24) is 9.38 Å². The fourth-order valence-corrected chi connectivity index (χ4v) is 3.78. The number of aromatic nitrogens is 2. The third kappa shape index (κ3) is 3.99. The van der Waals surface area contributed by atoms with E-state index in [1.807, 2.05) is 42.6 Å². The zero-order chi connectivity index (χ0) is 23.0. The number of fused-ring (bicyclic) bond motifs is 1. The smallest absolute Gasteiger partial charge is 0.335 e. The molecule has 32 heavy (non-hydrogen) atoms. The summed E-state index contributed by atoms with van der Waals surface area (Å²) in [7, 11) is 0. The Morgan fingerprint density at radius 3 is 2.41 bits per heavy atom. The van der Waals surface area contributed by atoms with E-state index >= 15 is 0 Å². The summed E-state index contributed by atoms with van der Waals surface area (Å²) in [6.45, 7) is 7.95. The van der Waals surface area contributed by atoms with Gasteiger partial charge in [-0.1, -0.05) is 24.3 Å². The molecule has 0 saturated heterocycles. The van der Waals surface area contributed by atoms with Crippen LogP contribution in [0.5, 0.6) is 0 Å². The van der Waals surface area contributed by atoms with Gasteiger partial charge in [0.05, 0.1) is 23.4 Å². The van der Waals surface area contributed by atoms with E-state index in [0.29, 0.717) is 5.69 Å². The molecular formula is C26H25N3O3.